The van der Waals surface area contributed by atoms with Crippen LogP contribution >= 0.6 is 11.6 Å². The first kappa shape index (κ1) is 12.9. The molecule has 4 aromatic rings. The molecule has 4 rings (SSSR count). The van der Waals surface area contributed by atoms with Crippen molar-refractivity contribution < 1.29 is 4.42 Å². The summed E-state index contributed by atoms with van der Waals surface area (Å²) in [6.07, 6.45) is 8.74. The molecule has 108 valence electrons. The lowest BCUT2D eigenvalue weighted by molar-refractivity contribution is 0.568. The Morgan fingerprint density at radius 1 is 1.09 bits per heavy atom. The Kier molecular flexibility index (Phi) is 3.05. The van der Waals surface area contributed by atoms with Crippen molar-refractivity contribution in [3.63, 3.8) is 0 Å². The van der Waals surface area contributed by atoms with E-state index in [9.17, 15) is 0 Å². The SMILES string of the molecule is Clc1ccc(Nc2nccn3c(-c4ccoc4)cnc23)cc1. The molecule has 0 fully saturated rings. The fraction of sp³-hybridized carbons (Fsp3) is 0. The summed E-state index contributed by atoms with van der Waals surface area (Å²) in [6.45, 7) is 0. The van der Waals surface area contributed by atoms with Crippen molar-refractivity contribution in [2.24, 2.45) is 0 Å². The summed E-state index contributed by atoms with van der Waals surface area (Å²) < 4.78 is 7.11. The Labute approximate surface area is 131 Å². The minimum absolute atomic E-state index is 0.680. The van der Waals surface area contributed by atoms with E-state index >= 15 is 0 Å². The number of halogens is 1. The zero-order valence-electron chi connectivity index (χ0n) is 11.4. The summed E-state index contributed by atoms with van der Waals surface area (Å²) in [5.74, 6) is 0.680. The van der Waals surface area contributed by atoms with Gasteiger partial charge in [0.25, 0.3) is 0 Å². The van der Waals surface area contributed by atoms with Crippen molar-refractivity contribution in [2.45, 2.75) is 0 Å². The molecule has 0 saturated heterocycles. The van der Waals surface area contributed by atoms with Crippen molar-refractivity contribution in [3.8, 4) is 11.3 Å². The number of fused-ring (bicyclic) bond motifs is 1. The van der Waals surface area contributed by atoms with Crippen molar-refractivity contribution in [1.82, 2.24) is 14.4 Å². The number of rotatable bonds is 3. The molecule has 3 aromatic heterocycles. The van der Waals surface area contributed by atoms with E-state index in [0.717, 1.165) is 22.6 Å². The molecule has 0 unspecified atom stereocenters. The first-order valence-electron chi connectivity index (χ1n) is 6.68. The van der Waals surface area contributed by atoms with Crippen molar-refractivity contribution in [1.29, 1.82) is 0 Å². The average Bonchev–Trinajstić information content (AvgIpc) is 3.18. The molecule has 22 heavy (non-hydrogen) atoms. The van der Waals surface area contributed by atoms with Crippen LogP contribution in [-0.4, -0.2) is 14.4 Å². The van der Waals surface area contributed by atoms with E-state index < -0.39 is 0 Å². The maximum atomic E-state index is 5.90. The maximum Gasteiger partial charge on any atom is 0.180 e. The fourth-order valence-corrected chi connectivity index (χ4v) is 2.43. The third-order valence-corrected chi connectivity index (χ3v) is 3.60. The predicted molar refractivity (Wildman–Crippen MR) is 85.4 cm³/mol. The zero-order chi connectivity index (χ0) is 14.9. The molecule has 0 spiro atoms. The van der Waals surface area contributed by atoms with Crippen LogP contribution in [0, 0.1) is 0 Å². The molecule has 0 aliphatic rings. The van der Waals surface area contributed by atoms with E-state index in [1.807, 2.05) is 40.9 Å². The molecular formula is C16H11ClN4O. The average molecular weight is 311 g/mol. The van der Waals surface area contributed by atoms with E-state index in [4.69, 9.17) is 16.0 Å². The van der Waals surface area contributed by atoms with Gasteiger partial charge in [-0.2, -0.15) is 0 Å². The lowest BCUT2D eigenvalue weighted by Crippen LogP contribution is -1.98. The number of benzene rings is 1. The molecular weight excluding hydrogens is 300 g/mol. The van der Waals surface area contributed by atoms with Gasteiger partial charge in [-0.3, -0.25) is 4.40 Å². The lowest BCUT2D eigenvalue weighted by atomic mass is 10.2. The number of anilines is 2. The second kappa shape index (κ2) is 5.20. The van der Waals surface area contributed by atoms with Crippen LogP contribution in [0.4, 0.5) is 11.5 Å². The summed E-state index contributed by atoms with van der Waals surface area (Å²) in [4.78, 5) is 8.83. The fourth-order valence-electron chi connectivity index (χ4n) is 2.30. The zero-order valence-corrected chi connectivity index (χ0v) is 12.2. The van der Waals surface area contributed by atoms with Gasteiger partial charge in [-0.05, 0) is 30.3 Å². The molecule has 3 heterocycles. The van der Waals surface area contributed by atoms with Crippen LogP contribution in [0.3, 0.4) is 0 Å². The standard InChI is InChI=1S/C16H11ClN4O/c17-12-1-3-13(4-2-12)20-15-16-19-9-14(11-5-8-22-10-11)21(16)7-6-18-15/h1-10H,(H,18,20). The van der Waals surface area contributed by atoms with Crippen LogP contribution < -0.4 is 5.32 Å². The van der Waals surface area contributed by atoms with Gasteiger partial charge in [0.15, 0.2) is 11.5 Å². The number of hydrogen-bond donors (Lipinski definition) is 1. The van der Waals surface area contributed by atoms with E-state index in [1.54, 1.807) is 24.9 Å². The topological polar surface area (TPSA) is 55.4 Å². The highest BCUT2D eigenvalue weighted by Gasteiger charge is 2.11. The van der Waals surface area contributed by atoms with Crippen LogP contribution in [0.25, 0.3) is 16.9 Å². The largest absolute Gasteiger partial charge is 0.472 e. The molecule has 0 saturated carbocycles. The van der Waals surface area contributed by atoms with E-state index in [-0.39, 0.29) is 0 Å². The maximum absolute atomic E-state index is 5.90. The summed E-state index contributed by atoms with van der Waals surface area (Å²) in [5.41, 5.74) is 3.56. The van der Waals surface area contributed by atoms with Gasteiger partial charge >= 0.3 is 0 Å². The van der Waals surface area contributed by atoms with Crippen LogP contribution in [-0.2, 0) is 0 Å². The number of imidazole rings is 1. The minimum Gasteiger partial charge on any atom is -0.472 e. The van der Waals surface area contributed by atoms with Crippen LogP contribution in [0.1, 0.15) is 0 Å². The van der Waals surface area contributed by atoms with Crippen molar-refractivity contribution in [2.75, 3.05) is 5.32 Å². The highest BCUT2D eigenvalue weighted by atomic mass is 35.5. The summed E-state index contributed by atoms with van der Waals surface area (Å²) in [5, 5.41) is 3.95. The third kappa shape index (κ3) is 2.21. The molecule has 0 radical (unpaired) electrons. The molecule has 0 amide bonds. The normalized spacial score (nSPS) is 11.0. The van der Waals surface area contributed by atoms with E-state index in [2.05, 4.69) is 15.3 Å². The van der Waals surface area contributed by atoms with Gasteiger partial charge in [-0.15, -0.1) is 0 Å². The number of hydrogen-bond acceptors (Lipinski definition) is 4. The first-order chi connectivity index (χ1) is 10.8. The number of nitrogens with zero attached hydrogens (tertiary/aromatic N) is 3. The second-order valence-electron chi connectivity index (χ2n) is 4.76. The van der Waals surface area contributed by atoms with Crippen LogP contribution in [0.2, 0.25) is 5.02 Å². The quantitative estimate of drug-likeness (QED) is 0.610. The Hall–Kier alpha value is -2.79. The Balaban J connectivity index is 1.77. The highest BCUT2D eigenvalue weighted by Crippen LogP contribution is 2.25. The number of nitrogens with one attached hydrogen (secondary N) is 1. The van der Waals surface area contributed by atoms with Gasteiger partial charge in [0.05, 0.1) is 24.4 Å². The van der Waals surface area contributed by atoms with Crippen LogP contribution in [0.5, 0.6) is 0 Å². The number of furan rings is 1. The molecule has 6 heteroatoms. The molecule has 1 aromatic carbocycles. The van der Waals surface area contributed by atoms with Gasteiger partial charge in [0.1, 0.15) is 0 Å². The van der Waals surface area contributed by atoms with Crippen molar-refractivity contribution >= 4 is 28.8 Å². The number of aromatic nitrogens is 3. The molecule has 0 atom stereocenters. The highest BCUT2D eigenvalue weighted by molar-refractivity contribution is 6.30. The predicted octanol–water partition coefficient (Wildman–Crippen LogP) is 4.39. The van der Waals surface area contributed by atoms with Gasteiger partial charge in [0, 0.05) is 28.7 Å². The lowest BCUT2D eigenvalue weighted by Gasteiger charge is -2.07. The van der Waals surface area contributed by atoms with Crippen molar-refractivity contribution in [3.05, 3.63) is 66.5 Å². The van der Waals surface area contributed by atoms with Gasteiger partial charge in [0.2, 0.25) is 0 Å². The summed E-state index contributed by atoms with van der Waals surface area (Å²) >= 11 is 5.90. The third-order valence-electron chi connectivity index (χ3n) is 3.35. The van der Waals surface area contributed by atoms with Gasteiger partial charge in [-0.25, -0.2) is 9.97 Å². The Morgan fingerprint density at radius 3 is 2.73 bits per heavy atom. The second-order valence-corrected chi connectivity index (χ2v) is 5.19. The smallest absolute Gasteiger partial charge is 0.180 e. The monoisotopic (exact) mass is 310 g/mol. The van der Waals surface area contributed by atoms with E-state index in [0.29, 0.717) is 10.8 Å². The van der Waals surface area contributed by atoms with Crippen LogP contribution in [0.15, 0.2) is 65.9 Å². The molecule has 0 aliphatic heterocycles. The van der Waals surface area contributed by atoms with E-state index in [1.165, 1.54) is 0 Å². The Bertz CT molecular complexity index is 913. The summed E-state index contributed by atoms with van der Waals surface area (Å²) in [6, 6.07) is 9.34. The first-order valence-corrected chi connectivity index (χ1v) is 7.06. The van der Waals surface area contributed by atoms with Gasteiger partial charge in [-0.1, -0.05) is 11.6 Å². The molecule has 0 aliphatic carbocycles. The minimum atomic E-state index is 0.680. The van der Waals surface area contributed by atoms with Gasteiger partial charge < -0.3 is 9.73 Å². The summed E-state index contributed by atoms with van der Waals surface area (Å²) in [7, 11) is 0. The molecule has 0 bridgehead atoms. The molecule has 1 N–H and O–H groups in total. The Morgan fingerprint density at radius 2 is 1.95 bits per heavy atom. The molecule has 5 nitrogen and oxygen atoms in total.